The van der Waals surface area contributed by atoms with Gasteiger partial charge in [-0.15, -0.1) is 11.8 Å². The molecule has 25 heavy (non-hydrogen) atoms. The second-order valence-corrected chi connectivity index (χ2v) is 7.92. The number of pyridine rings is 1. The molecule has 0 fully saturated rings. The quantitative estimate of drug-likeness (QED) is 0.679. The summed E-state index contributed by atoms with van der Waals surface area (Å²) in [5.74, 6) is 1.61. The van der Waals surface area contributed by atoms with Crippen LogP contribution >= 0.6 is 23.4 Å². The largest absolute Gasteiger partial charge is 0.364 e. The highest BCUT2D eigenvalue weighted by Crippen LogP contribution is 2.37. The minimum atomic E-state index is -0.0517. The molecule has 0 unspecified atom stereocenters. The first-order chi connectivity index (χ1) is 12.1. The van der Waals surface area contributed by atoms with Gasteiger partial charge in [0.05, 0.1) is 17.9 Å². The third-order valence-electron chi connectivity index (χ3n) is 4.29. The molecule has 0 amide bonds. The molecule has 0 saturated heterocycles. The Morgan fingerprint density at radius 1 is 1.28 bits per heavy atom. The van der Waals surface area contributed by atoms with Gasteiger partial charge in [-0.3, -0.25) is 9.20 Å². The van der Waals surface area contributed by atoms with Gasteiger partial charge in [-0.25, -0.2) is 4.98 Å². The summed E-state index contributed by atoms with van der Waals surface area (Å²) in [5, 5.41) is 0.727. The van der Waals surface area contributed by atoms with Crippen LogP contribution in [0.2, 0.25) is 5.02 Å². The van der Waals surface area contributed by atoms with Crippen LogP contribution in [0, 0.1) is 5.92 Å². The molecule has 1 aliphatic rings. The number of halogens is 1. The molecule has 4 nitrogen and oxygen atoms in total. The van der Waals surface area contributed by atoms with E-state index in [-0.39, 0.29) is 5.56 Å². The first-order valence-electron chi connectivity index (χ1n) is 8.25. The van der Waals surface area contributed by atoms with Crippen molar-refractivity contribution in [3.05, 3.63) is 69.7 Å². The van der Waals surface area contributed by atoms with E-state index in [1.165, 1.54) is 4.90 Å². The zero-order valence-electron chi connectivity index (χ0n) is 13.9. The predicted molar refractivity (Wildman–Crippen MR) is 104 cm³/mol. The molecule has 0 spiro atoms. The summed E-state index contributed by atoms with van der Waals surface area (Å²) in [6.07, 6.45) is 1.74. The Bertz CT molecular complexity index is 988. The molecule has 3 heterocycles. The smallest absolute Gasteiger partial charge is 0.258 e. The Morgan fingerprint density at radius 2 is 2.16 bits per heavy atom. The molecule has 2 aromatic heterocycles. The van der Waals surface area contributed by atoms with E-state index in [0.29, 0.717) is 18.1 Å². The molecule has 3 aromatic rings. The number of fused-ring (bicyclic) bond motifs is 2. The van der Waals surface area contributed by atoms with E-state index in [0.717, 1.165) is 28.7 Å². The lowest BCUT2D eigenvalue weighted by molar-refractivity contribution is 0.617. The van der Waals surface area contributed by atoms with Crippen molar-refractivity contribution in [2.75, 3.05) is 17.2 Å². The SMILES string of the molecule is C[C@@H]1CSc2ccc(Cl)cc2N(Cc2cc(=O)n3ccccc3n2)C1. The maximum absolute atomic E-state index is 12.4. The molecule has 0 N–H and O–H groups in total. The fraction of sp³-hybridized carbons (Fsp3) is 0.263. The minimum absolute atomic E-state index is 0.0517. The van der Waals surface area contributed by atoms with Gasteiger partial charge < -0.3 is 4.90 Å². The Morgan fingerprint density at radius 3 is 3.04 bits per heavy atom. The van der Waals surface area contributed by atoms with Crippen LogP contribution in [-0.4, -0.2) is 21.7 Å². The van der Waals surface area contributed by atoms with Crippen LogP contribution in [0.3, 0.4) is 0 Å². The molecule has 1 atom stereocenters. The van der Waals surface area contributed by atoms with Gasteiger partial charge >= 0.3 is 0 Å². The number of rotatable bonds is 2. The zero-order valence-corrected chi connectivity index (χ0v) is 15.4. The van der Waals surface area contributed by atoms with Crippen LogP contribution in [-0.2, 0) is 6.54 Å². The molecule has 0 bridgehead atoms. The second-order valence-electron chi connectivity index (χ2n) is 6.42. The lowest BCUT2D eigenvalue weighted by Gasteiger charge is -2.26. The Hall–Kier alpha value is -1.98. The molecule has 1 aliphatic heterocycles. The van der Waals surface area contributed by atoms with Gasteiger partial charge in [0, 0.05) is 34.5 Å². The second kappa shape index (κ2) is 6.73. The van der Waals surface area contributed by atoms with Gasteiger partial charge in [-0.2, -0.15) is 0 Å². The fourth-order valence-corrected chi connectivity index (χ4v) is 4.38. The van der Waals surface area contributed by atoms with Crippen molar-refractivity contribution in [2.45, 2.75) is 18.4 Å². The first-order valence-corrected chi connectivity index (χ1v) is 9.61. The van der Waals surface area contributed by atoms with Crippen molar-refractivity contribution in [2.24, 2.45) is 5.92 Å². The Labute approximate surface area is 155 Å². The summed E-state index contributed by atoms with van der Waals surface area (Å²) in [4.78, 5) is 20.5. The van der Waals surface area contributed by atoms with E-state index in [1.54, 1.807) is 16.7 Å². The van der Waals surface area contributed by atoms with Gasteiger partial charge in [-0.1, -0.05) is 24.6 Å². The van der Waals surface area contributed by atoms with Crippen molar-refractivity contribution >= 4 is 34.7 Å². The molecule has 0 saturated carbocycles. The molecule has 1 aromatic carbocycles. The van der Waals surface area contributed by atoms with E-state index in [2.05, 4.69) is 22.9 Å². The third kappa shape index (κ3) is 3.39. The van der Waals surface area contributed by atoms with Crippen LogP contribution in [0.5, 0.6) is 0 Å². The lowest BCUT2D eigenvalue weighted by Crippen LogP contribution is -2.29. The first kappa shape index (κ1) is 16.5. The van der Waals surface area contributed by atoms with Crippen LogP contribution in [0.4, 0.5) is 5.69 Å². The molecular formula is C19H18ClN3OS. The third-order valence-corrected chi connectivity index (χ3v) is 5.92. The van der Waals surface area contributed by atoms with Gasteiger partial charge in [0.2, 0.25) is 0 Å². The fourth-order valence-electron chi connectivity index (χ4n) is 3.15. The van der Waals surface area contributed by atoms with Crippen molar-refractivity contribution in [3.63, 3.8) is 0 Å². The molecular weight excluding hydrogens is 354 g/mol. The average molecular weight is 372 g/mol. The minimum Gasteiger partial charge on any atom is -0.364 e. The summed E-state index contributed by atoms with van der Waals surface area (Å²) < 4.78 is 1.56. The van der Waals surface area contributed by atoms with Gasteiger partial charge in [0.25, 0.3) is 5.56 Å². The van der Waals surface area contributed by atoms with Crippen LogP contribution in [0.25, 0.3) is 5.65 Å². The summed E-state index contributed by atoms with van der Waals surface area (Å²) in [6.45, 7) is 3.76. The molecule has 0 radical (unpaired) electrons. The molecule has 6 heteroatoms. The summed E-state index contributed by atoms with van der Waals surface area (Å²) in [6, 6.07) is 13.2. The maximum Gasteiger partial charge on any atom is 0.258 e. The Kier molecular flexibility index (Phi) is 4.44. The van der Waals surface area contributed by atoms with E-state index in [9.17, 15) is 4.79 Å². The van der Waals surface area contributed by atoms with E-state index in [4.69, 9.17) is 11.6 Å². The predicted octanol–water partition coefficient (Wildman–Crippen LogP) is 4.10. The van der Waals surface area contributed by atoms with Crippen molar-refractivity contribution in [1.82, 2.24) is 9.38 Å². The van der Waals surface area contributed by atoms with Crippen molar-refractivity contribution < 1.29 is 0 Å². The highest BCUT2D eigenvalue weighted by molar-refractivity contribution is 7.99. The monoisotopic (exact) mass is 371 g/mol. The zero-order chi connectivity index (χ0) is 17.4. The van der Waals surface area contributed by atoms with E-state index >= 15 is 0 Å². The Balaban J connectivity index is 1.74. The summed E-state index contributed by atoms with van der Waals surface area (Å²) in [7, 11) is 0. The van der Waals surface area contributed by atoms with Crippen molar-refractivity contribution in [3.8, 4) is 0 Å². The van der Waals surface area contributed by atoms with Gasteiger partial charge in [0.15, 0.2) is 0 Å². The highest BCUT2D eigenvalue weighted by atomic mass is 35.5. The molecule has 128 valence electrons. The number of aromatic nitrogens is 2. The maximum atomic E-state index is 12.4. The van der Waals surface area contributed by atoms with Gasteiger partial charge in [0.1, 0.15) is 5.65 Å². The number of thioether (sulfide) groups is 1. The topological polar surface area (TPSA) is 37.6 Å². The number of anilines is 1. The van der Waals surface area contributed by atoms with Crippen LogP contribution in [0.1, 0.15) is 12.6 Å². The molecule has 0 aliphatic carbocycles. The number of hydrogen-bond acceptors (Lipinski definition) is 4. The number of hydrogen-bond donors (Lipinski definition) is 0. The van der Waals surface area contributed by atoms with Gasteiger partial charge in [-0.05, 0) is 36.2 Å². The average Bonchev–Trinajstić information content (AvgIpc) is 2.74. The normalized spacial score (nSPS) is 17.4. The molecule has 4 rings (SSSR count). The van der Waals surface area contributed by atoms with E-state index in [1.807, 2.05) is 42.1 Å². The standard InChI is InChI=1S/C19H18ClN3OS/c1-13-10-22(16-8-14(20)5-6-17(16)25-12-13)11-15-9-19(24)23-7-3-2-4-18(23)21-15/h2-9,13H,10-12H2,1H3/t13-/m0/s1. The lowest BCUT2D eigenvalue weighted by atomic mass is 10.1. The highest BCUT2D eigenvalue weighted by Gasteiger charge is 2.21. The number of nitrogens with zero attached hydrogens (tertiary/aromatic N) is 3. The van der Waals surface area contributed by atoms with Crippen LogP contribution < -0.4 is 10.5 Å². The summed E-state index contributed by atoms with van der Waals surface area (Å²) >= 11 is 8.09. The van der Waals surface area contributed by atoms with Crippen molar-refractivity contribution in [1.29, 1.82) is 0 Å². The number of benzene rings is 1. The van der Waals surface area contributed by atoms with Crippen LogP contribution in [0.15, 0.2) is 58.4 Å². The summed E-state index contributed by atoms with van der Waals surface area (Å²) in [5.41, 5.74) is 2.52. The van der Waals surface area contributed by atoms with E-state index < -0.39 is 0 Å².